The lowest BCUT2D eigenvalue weighted by Gasteiger charge is -2.34. The molecular formula is C22H27FN4O2S. The smallest absolute Gasteiger partial charge is 0.223 e. The molecule has 0 bridgehead atoms. The maximum atomic E-state index is 13.8. The van der Waals surface area contributed by atoms with Crippen LogP contribution in [0.5, 0.6) is 0 Å². The molecule has 8 heteroatoms. The van der Waals surface area contributed by atoms with Crippen LogP contribution in [0.3, 0.4) is 0 Å². The van der Waals surface area contributed by atoms with E-state index in [-0.39, 0.29) is 30.1 Å². The van der Waals surface area contributed by atoms with Gasteiger partial charge in [0.2, 0.25) is 11.8 Å². The Hall–Kier alpha value is -2.48. The summed E-state index contributed by atoms with van der Waals surface area (Å²) in [6.45, 7) is 5.17. The summed E-state index contributed by atoms with van der Waals surface area (Å²) in [6.07, 6.45) is 2.78. The van der Waals surface area contributed by atoms with Crippen molar-refractivity contribution in [3.8, 4) is 0 Å². The van der Waals surface area contributed by atoms with E-state index in [0.717, 1.165) is 49.8 Å². The predicted octanol–water partition coefficient (Wildman–Crippen LogP) is 2.76. The number of halogens is 1. The van der Waals surface area contributed by atoms with Crippen LogP contribution in [0.15, 0.2) is 24.3 Å². The van der Waals surface area contributed by atoms with Gasteiger partial charge in [0.25, 0.3) is 0 Å². The van der Waals surface area contributed by atoms with Gasteiger partial charge >= 0.3 is 0 Å². The number of piperazine rings is 1. The van der Waals surface area contributed by atoms with Crippen molar-refractivity contribution in [2.24, 2.45) is 5.92 Å². The minimum Gasteiger partial charge on any atom is -0.352 e. The highest BCUT2D eigenvalue weighted by Crippen LogP contribution is 2.34. The summed E-state index contributed by atoms with van der Waals surface area (Å²) >= 11 is 1.67. The highest BCUT2D eigenvalue weighted by molar-refractivity contribution is 7.15. The van der Waals surface area contributed by atoms with Crippen LogP contribution >= 0.6 is 11.3 Å². The number of benzene rings is 1. The van der Waals surface area contributed by atoms with Crippen LogP contribution in [0.25, 0.3) is 0 Å². The average Bonchev–Trinajstić information content (AvgIpc) is 3.21. The molecule has 1 aliphatic heterocycles. The monoisotopic (exact) mass is 430 g/mol. The van der Waals surface area contributed by atoms with E-state index in [1.807, 2.05) is 11.8 Å². The van der Waals surface area contributed by atoms with E-state index < -0.39 is 0 Å². The van der Waals surface area contributed by atoms with E-state index in [1.165, 1.54) is 10.9 Å². The third kappa shape index (κ3) is 4.48. The van der Waals surface area contributed by atoms with E-state index >= 15 is 0 Å². The molecule has 0 spiro atoms. The number of amides is 2. The van der Waals surface area contributed by atoms with Crippen molar-refractivity contribution in [1.82, 2.24) is 15.2 Å². The number of nitrogens with one attached hydrogen (secondary N) is 1. The molecule has 1 N–H and O–H groups in total. The fourth-order valence-corrected chi connectivity index (χ4v) is 5.30. The van der Waals surface area contributed by atoms with Gasteiger partial charge in [0.05, 0.1) is 5.69 Å². The first-order chi connectivity index (χ1) is 14.5. The number of hydrogen-bond donors (Lipinski definition) is 1. The zero-order chi connectivity index (χ0) is 21.1. The van der Waals surface area contributed by atoms with Crippen molar-refractivity contribution in [1.29, 1.82) is 0 Å². The first kappa shape index (κ1) is 20.8. The van der Waals surface area contributed by atoms with Crippen LogP contribution in [0.2, 0.25) is 0 Å². The minimum absolute atomic E-state index is 0.0226. The molecule has 0 unspecified atom stereocenters. The van der Waals surface area contributed by atoms with Gasteiger partial charge in [-0.3, -0.25) is 9.59 Å². The molecular weight excluding hydrogens is 403 g/mol. The summed E-state index contributed by atoms with van der Waals surface area (Å²) < 4.78 is 13.8. The van der Waals surface area contributed by atoms with E-state index in [9.17, 15) is 14.0 Å². The normalized spacial score (nSPS) is 18.8. The number of thiazole rings is 1. The Morgan fingerprint density at radius 3 is 2.73 bits per heavy atom. The van der Waals surface area contributed by atoms with E-state index in [0.29, 0.717) is 18.4 Å². The van der Waals surface area contributed by atoms with Crippen molar-refractivity contribution in [2.75, 3.05) is 31.1 Å². The van der Waals surface area contributed by atoms with Gasteiger partial charge in [-0.05, 0) is 25.3 Å². The molecule has 1 atom stereocenters. The SMILES string of the molecule is CCC(=O)N1CCN(c2nc3c(s2)C[C@@H](C(=O)NCc2ccccc2F)CC3)CC1. The van der Waals surface area contributed by atoms with E-state index in [4.69, 9.17) is 4.98 Å². The summed E-state index contributed by atoms with van der Waals surface area (Å²) in [6, 6.07) is 6.52. The number of hydrogen-bond acceptors (Lipinski definition) is 5. The standard InChI is InChI=1S/C22H27FN4O2S/c1-2-20(28)26-9-11-27(12-10-26)22-25-18-8-7-15(13-19(18)30-22)21(29)24-14-16-5-3-4-6-17(16)23/h3-6,15H,2,7-14H2,1H3,(H,24,29)/t15-/m0/s1. The van der Waals surface area contributed by atoms with Crippen LogP contribution in [0, 0.1) is 11.7 Å². The Kier molecular flexibility index (Phi) is 6.32. The third-order valence-corrected chi connectivity index (χ3v) is 7.10. The first-order valence-corrected chi connectivity index (χ1v) is 11.4. The van der Waals surface area contributed by atoms with Crippen LogP contribution in [-0.2, 0) is 29.0 Å². The second-order valence-corrected chi connectivity index (χ2v) is 8.90. The fraction of sp³-hybridized carbons (Fsp3) is 0.500. The molecule has 30 heavy (non-hydrogen) atoms. The molecule has 1 fully saturated rings. The summed E-state index contributed by atoms with van der Waals surface area (Å²) in [5.41, 5.74) is 1.60. The molecule has 1 aromatic carbocycles. The molecule has 0 saturated carbocycles. The van der Waals surface area contributed by atoms with Gasteiger partial charge in [-0.1, -0.05) is 25.1 Å². The largest absolute Gasteiger partial charge is 0.352 e. The van der Waals surface area contributed by atoms with Gasteiger partial charge in [0.15, 0.2) is 5.13 Å². The number of fused-ring (bicyclic) bond motifs is 1. The number of aryl methyl sites for hydroxylation is 1. The Morgan fingerprint density at radius 2 is 2.00 bits per heavy atom. The molecule has 4 rings (SSSR count). The van der Waals surface area contributed by atoms with Gasteiger partial charge in [-0.15, -0.1) is 11.3 Å². The van der Waals surface area contributed by atoms with Crippen molar-refractivity contribution < 1.29 is 14.0 Å². The molecule has 2 heterocycles. The number of carbonyl (C=O) groups is 2. The quantitative estimate of drug-likeness (QED) is 0.792. The van der Waals surface area contributed by atoms with Crippen molar-refractivity contribution >= 4 is 28.3 Å². The summed E-state index contributed by atoms with van der Waals surface area (Å²) in [4.78, 5) is 34.7. The van der Waals surface area contributed by atoms with Crippen LogP contribution in [0.1, 0.15) is 35.9 Å². The molecule has 6 nitrogen and oxygen atoms in total. The summed E-state index contributed by atoms with van der Waals surface area (Å²) in [5.74, 6) is -0.212. The zero-order valence-electron chi connectivity index (χ0n) is 17.2. The van der Waals surface area contributed by atoms with E-state index in [1.54, 1.807) is 29.5 Å². The lowest BCUT2D eigenvalue weighted by Crippen LogP contribution is -2.48. The second kappa shape index (κ2) is 9.12. The van der Waals surface area contributed by atoms with Gasteiger partial charge in [0.1, 0.15) is 5.82 Å². The molecule has 2 aliphatic rings. The Balaban J connectivity index is 1.33. The molecule has 1 saturated heterocycles. The summed E-state index contributed by atoms with van der Waals surface area (Å²) in [7, 11) is 0. The lowest BCUT2D eigenvalue weighted by molar-refractivity contribution is -0.131. The highest BCUT2D eigenvalue weighted by Gasteiger charge is 2.29. The minimum atomic E-state index is -0.295. The van der Waals surface area contributed by atoms with Gasteiger partial charge in [-0.25, -0.2) is 9.37 Å². The first-order valence-electron chi connectivity index (χ1n) is 10.6. The van der Waals surface area contributed by atoms with Crippen molar-refractivity contribution in [3.63, 3.8) is 0 Å². The molecule has 2 amide bonds. The molecule has 1 aromatic heterocycles. The van der Waals surface area contributed by atoms with Gasteiger partial charge in [0, 0.05) is 55.5 Å². The third-order valence-electron chi connectivity index (χ3n) is 5.92. The number of rotatable bonds is 5. The number of anilines is 1. The Bertz CT molecular complexity index is 924. The maximum Gasteiger partial charge on any atom is 0.223 e. The van der Waals surface area contributed by atoms with Gasteiger partial charge in [-0.2, -0.15) is 0 Å². The summed E-state index contributed by atoms with van der Waals surface area (Å²) in [5, 5.41) is 3.89. The zero-order valence-corrected chi connectivity index (χ0v) is 18.0. The van der Waals surface area contributed by atoms with Crippen molar-refractivity contribution in [3.05, 3.63) is 46.2 Å². The topological polar surface area (TPSA) is 65.5 Å². The predicted molar refractivity (Wildman–Crippen MR) is 115 cm³/mol. The number of carbonyl (C=O) groups excluding carboxylic acids is 2. The van der Waals surface area contributed by atoms with Gasteiger partial charge < -0.3 is 15.1 Å². The lowest BCUT2D eigenvalue weighted by atomic mass is 9.90. The molecule has 2 aromatic rings. The van der Waals surface area contributed by atoms with Crippen molar-refractivity contribution in [2.45, 2.75) is 39.2 Å². The molecule has 160 valence electrons. The highest BCUT2D eigenvalue weighted by atomic mass is 32.1. The molecule has 1 aliphatic carbocycles. The van der Waals surface area contributed by atoms with Crippen LogP contribution in [0.4, 0.5) is 9.52 Å². The van der Waals surface area contributed by atoms with Crippen LogP contribution in [-0.4, -0.2) is 47.9 Å². The van der Waals surface area contributed by atoms with Crippen LogP contribution < -0.4 is 10.2 Å². The number of nitrogens with zero attached hydrogens (tertiary/aromatic N) is 3. The number of aromatic nitrogens is 1. The Morgan fingerprint density at radius 1 is 1.23 bits per heavy atom. The molecule has 0 radical (unpaired) electrons. The van der Waals surface area contributed by atoms with E-state index in [2.05, 4.69) is 10.2 Å². The second-order valence-electron chi connectivity index (χ2n) is 7.84. The fourth-order valence-electron chi connectivity index (χ4n) is 4.06. The maximum absolute atomic E-state index is 13.8. The average molecular weight is 431 g/mol. The Labute approximate surface area is 180 Å².